The molecular formula is C16H27N. The third kappa shape index (κ3) is 2.90. The van der Waals surface area contributed by atoms with Crippen LogP contribution in [0.15, 0.2) is 30.3 Å². The second kappa shape index (κ2) is 6.80. The molecule has 1 rings (SSSR count). The second-order valence-corrected chi connectivity index (χ2v) is 4.75. The first kappa shape index (κ1) is 14.2. The molecule has 0 bridgehead atoms. The highest BCUT2D eigenvalue weighted by molar-refractivity contribution is 5.27. The summed E-state index contributed by atoms with van der Waals surface area (Å²) < 4.78 is 0. The minimum absolute atomic E-state index is 0.284. The van der Waals surface area contributed by atoms with E-state index in [-0.39, 0.29) is 5.41 Å². The lowest BCUT2D eigenvalue weighted by molar-refractivity contribution is 0.267. The van der Waals surface area contributed by atoms with Gasteiger partial charge in [-0.05, 0) is 31.4 Å². The third-order valence-corrected chi connectivity index (χ3v) is 4.14. The van der Waals surface area contributed by atoms with E-state index in [0.29, 0.717) is 6.04 Å². The maximum Gasteiger partial charge on any atom is 0.0161 e. The first-order chi connectivity index (χ1) is 8.25. The zero-order valence-electron chi connectivity index (χ0n) is 11.8. The molecule has 1 aromatic rings. The fraction of sp³-hybridized carbons (Fsp3) is 0.625. The molecule has 0 saturated carbocycles. The summed E-state index contributed by atoms with van der Waals surface area (Å²) in [6.45, 7) is 10.2. The summed E-state index contributed by atoms with van der Waals surface area (Å²) in [4.78, 5) is 0. The van der Waals surface area contributed by atoms with Crippen molar-refractivity contribution in [3.63, 3.8) is 0 Å². The van der Waals surface area contributed by atoms with Gasteiger partial charge in [-0.3, -0.25) is 0 Å². The number of benzene rings is 1. The van der Waals surface area contributed by atoms with Gasteiger partial charge in [0.2, 0.25) is 0 Å². The number of hydrogen-bond acceptors (Lipinski definition) is 1. The second-order valence-electron chi connectivity index (χ2n) is 4.75. The summed E-state index contributed by atoms with van der Waals surface area (Å²) in [5, 5.41) is 3.67. The smallest absolute Gasteiger partial charge is 0.0161 e. The molecular weight excluding hydrogens is 206 g/mol. The van der Waals surface area contributed by atoms with E-state index in [4.69, 9.17) is 0 Å². The van der Waals surface area contributed by atoms with Gasteiger partial charge in [-0.15, -0.1) is 0 Å². The molecule has 0 heterocycles. The quantitative estimate of drug-likeness (QED) is 0.746. The Labute approximate surface area is 107 Å². The topological polar surface area (TPSA) is 12.0 Å². The number of rotatable bonds is 7. The number of likely N-dealkylation sites (N-methyl/N-ethyl adjacent to an activating group) is 1. The van der Waals surface area contributed by atoms with Crippen LogP contribution in [0.5, 0.6) is 0 Å². The van der Waals surface area contributed by atoms with Crippen LogP contribution in [0.1, 0.15) is 52.5 Å². The van der Waals surface area contributed by atoms with E-state index in [1.807, 2.05) is 0 Å². The van der Waals surface area contributed by atoms with Crippen molar-refractivity contribution in [2.45, 2.75) is 58.4 Å². The van der Waals surface area contributed by atoms with Crippen LogP contribution in [0.2, 0.25) is 0 Å². The monoisotopic (exact) mass is 233 g/mol. The summed E-state index contributed by atoms with van der Waals surface area (Å²) in [5.41, 5.74) is 1.77. The van der Waals surface area contributed by atoms with Crippen LogP contribution in [0, 0.1) is 0 Å². The van der Waals surface area contributed by atoms with Crippen LogP contribution >= 0.6 is 0 Å². The Kier molecular flexibility index (Phi) is 5.70. The van der Waals surface area contributed by atoms with E-state index >= 15 is 0 Å². The number of nitrogens with one attached hydrogen (secondary N) is 1. The Hall–Kier alpha value is -0.820. The molecule has 0 saturated heterocycles. The van der Waals surface area contributed by atoms with Gasteiger partial charge in [0.25, 0.3) is 0 Å². The first-order valence-electron chi connectivity index (χ1n) is 7.04. The first-order valence-corrected chi connectivity index (χ1v) is 7.04. The summed E-state index contributed by atoms with van der Waals surface area (Å²) in [7, 11) is 0. The summed E-state index contributed by atoms with van der Waals surface area (Å²) >= 11 is 0. The summed E-state index contributed by atoms with van der Waals surface area (Å²) in [6.07, 6.45) is 3.57. The molecule has 1 unspecified atom stereocenters. The zero-order chi connectivity index (χ0) is 12.7. The zero-order valence-corrected chi connectivity index (χ0v) is 11.8. The van der Waals surface area contributed by atoms with E-state index < -0.39 is 0 Å². The van der Waals surface area contributed by atoms with Crippen molar-refractivity contribution in [1.29, 1.82) is 0 Å². The molecule has 1 heteroatoms. The fourth-order valence-electron chi connectivity index (χ4n) is 3.10. The Morgan fingerprint density at radius 1 is 1.00 bits per heavy atom. The third-order valence-electron chi connectivity index (χ3n) is 4.14. The molecule has 0 amide bonds. The lowest BCUT2D eigenvalue weighted by atomic mass is 9.69. The van der Waals surface area contributed by atoms with Gasteiger partial charge in [-0.25, -0.2) is 0 Å². The van der Waals surface area contributed by atoms with Gasteiger partial charge in [0.15, 0.2) is 0 Å². The van der Waals surface area contributed by atoms with Crippen LogP contribution < -0.4 is 5.32 Å². The van der Waals surface area contributed by atoms with Gasteiger partial charge < -0.3 is 5.32 Å². The van der Waals surface area contributed by atoms with E-state index in [1.54, 1.807) is 0 Å². The van der Waals surface area contributed by atoms with E-state index in [1.165, 1.54) is 24.8 Å². The predicted molar refractivity (Wildman–Crippen MR) is 76.5 cm³/mol. The van der Waals surface area contributed by atoms with Gasteiger partial charge in [0.05, 0.1) is 0 Å². The van der Waals surface area contributed by atoms with Crippen molar-refractivity contribution in [1.82, 2.24) is 5.32 Å². The van der Waals surface area contributed by atoms with E-state index in [2.05, 4.69) is 63.3 Å². The van der Waals surface area contributed by atoms with Gasteiger partial charge in [0, 0.05) is 11.5 Å². The Morgan fingerprint density at radius 3 is 2.00 bits per heavy atom. The Balaban J connectivity index is 3.11. The van der Waals surface area contributed by atoms with Crippen LogP contribution in [0.4, 0.5) is 0 Å². The largest absolute Gasteiger partial charge is 0.313 e. The van der Waals surface area contributed by atoms with Crippen molar-refractivity contribution in [2.75, 3.05) is 6.54 Å². The fourth-order valence-corrected chi connectivity index (χ4v) is 3.10. The highest BCUT2D eigenvalue weighted by Gasteiger charge is 2.35. The molecule has 0 fully saturated rings. The molecule has 0 spiro atoms. The number of hydrogen-bond donors (Lipinski definition) is 1. The Bertz CT molecular complexity index is 301. The lowest BCUT2D eigenvalue weighted by Crippen LogP contribution is -2.47. The van der Waals surface area contributed by atoms with Crippen molar-refractivity contribution in [2.24, 2.45) is 0 Å². The van der Waals surface area contributed by atoms with Crippen molar-refractivity contribution in [3.8, 4) is 0 Å². The lowest BCUT2D eigenvalue weighted by Gasteiger charge is -2.40. The minimum Gasteiger partial charge on any atom is -0.313 e. The predicted octanol–water partition coefficient (Wildman–Crippen LogP) is 4.13. The standard InChI is InChI=1S/C16H27N/c1-5-15(17-8-4)16(6-2,7-3)14-12-10-9-11-13-14/h9-13,15,17H,5-8H2,1-4H3. The molecule has 0 aliphatic heterocycles. The van der Waals surface area contributed by atoms with Crippen LogP contribution in [-0.4, -0.2) is 12.6 Å². The molecule has 96 valence electrons. The SMILES string of the molecule is CCNC(CC)C(CC)(CC)c1ccccc1. The van der Waals surface area contributed by atoms with Crippen LogP contribution in [0.25, 0.3) is 0 Å². The molecule has 1 atom stereocenters. The highest BCUT2D eigenvalue weighted by Crippen LogP contribution is 2.36. The molecule has 0 radical (unpaired) electrons. The van der Waals surface area contributed by atoms with Crippen molar-refractivity contribution in [3.05, 3.63) is 35.9 Å². The van der Waals surface area contributed by atoms with Gasteiger partial charge in [0.1, 0.15) is 0 Å². The molecule has 1 N–H and O–H groups in total. The summed E-state index contributed by atoms with van der Waals surface area (Å²) in [6, 6.07) is 11.6. The maximum absolute atomic E-state index is 3.67. The molecule has 0 aromatic heterocycles. The Morgan fingerprint density at radius 2 is 1.59 bits per heavy atom. The van der Waals surface area contributed by atoms with Gasteiger partial charge >= 0.3 is 0 Å². The average Bonchev–Trinajstić information content (AvgIpc) is 2.40. The van der Waals surface area contributed by atoms with Crippen molar-refractivity contribution < 1.29 is 0 Å². The van der Waals surface area contributed by atoms with E-state index in [0.717, 1.165) is 6.54 Å². The van der Waals surface area contributed by atoms with Crippen LogP contribution in [0.3, 0.4) is 0 Å². The van der Waals surface area contributed by atoms with Crippen LogP contribution in [-0.2, 0) is 5.41 Å². The molecule has 1 nitrogen and oxygen atoms in total. The minimum atomic E-state index is 0.284. The highest BCUT2D eigenvalue weighted by atomic mass is 14.9. The van der Waals surface area contributed by atoms with Gasteiger partial charge in [-0.1, -0.05) is 58.0 Å². The van der Waals surface area contributed by atoms with Gasteiger partial charge in [-0.2, -0.15) is 0 Å². The van der Waals surface area contributed by atoms with Crippen molar-refractivity contribution >= 4 is 0 Å². The normalized spacial score (nSPS) is 13.6. The van der Waals surface area contributed by atoms with E-state index in [9.17, 15) is 0 Å². The average molecular weight is 233 g/mol. The molecule has 1 aromatic carbocycles. The molecule has 17 heavy (non-hydrogen) atoms. The molecule has 0 aliphatic rings. The molecule has 0 aliphatic carbocycles. The summed E-state index contributed by atoms with van der Waals surface area (Å²) in [5.74, 6) is 0. The maximum atomic E-state index is 3.67.